The number of hydrogen-bond acceptors (Lipinski definition) is 5. The molecule has 164 valence electrons. The van der Waals surface area contributed by atoms with Crippen LogP contribution in [0.4, 0.5) is 13.2 Å². The molecule has 4 N–H and O–H groups in total. The lowest BCUT2D eigenvalue weighted by molar-refractivity contribution is -0.146. The van der Waals surface area contributed by atoms with E-state index in [0.29, 0.717) is 11.3 Å². The molecule has 1 aromatic carbocycles. The topological polar surface area (TPSA) is 103 Å². The van der Waals surface area contributed by atoms with Gasteiger partial charge >= 0.3 is 6.18 Å². The third-order valence-corrected chi connectivity index (χ3v) is 4.26. The molecule has 0 radical (unpaired) electrons. The first-order valence-electron chi connectivity index (χ1n) is 9.04. The number of nitrogens with one attached hydrogen (secondary N) is 2. The first-order chi connectivity index (χ1) is 13.5. The van der Waals surface area contributed by atoms with Gasteiger partial charge in [0.1, 0.15) is 17.8 Å². The van der Waals surface area contributed by atoms with Gasteiger partial charge < -0.3 is 25.8 Å². The molecule has 1 unspecified atom stereocenters. The van der Waals surface area contributed by atoms with E-state index in [0.717, 1.165) is 0 Å². The Morgan fingerprint density at radius 3 is 2.10 bits per heavy atom. The van der Waals surface area contributed by atoms with Gasteiger partial charge in [0.25, 0.3) is 0 Å². The summed E-state index contributed by atoms with van der Waals surface area (Å²) in [5.74, 6) is -1.38. The van der Waals surface area contributed by atoms with Gasteiger partial charge in [-0.1, -0.05) is 26.0 Å². The van der Waals surface area contributed by atoms with E-state index in [1.807, 2.05) is 0 Å². The number of alkyl halides is 3. The second-order valence-corrected chi connectivity index (χ2v) is 6.95. The lowest BCUT2D eigenvalue weighted by Crippen LogP contribution is -2.51. The zero-order chi connectivity index (χ0) is 22.2. The van der Waals surface area contributed by atoms with Crippen molar-refractivity contribution < 1.29 is 32.2 Å². The normalized spacial score (nSPS) is 14.8. The molecule has 2 amide bonds. The van der Waals surface area contributed by atoms with Gasteiger partial charge in [-0.15, -0.1) is 0 Å². The minimum absolute atomic E-state index is 0.0779. The Labute approximate surface area is 168 Å². The number of methoxy groups -OCH3 is 2. The summed E-state index contributed by atoms with van der Waals surface area (Å²) in [7, 11) is 2.83. The van der Waals surface area contributed by atoms with Gasteiger partial charge in [0.05, 0.1) is 20.1 Å². The number of benzene rings is 1. The van der Waals surface area contributed by atoms with Gasteiger partial charge in [-0.25, -0.2) is 0 Å². The monoisotopic (exact) mass is 419 g/mol. The maximum absolute atomic E-state index is 12.9. The van der Waals surface area contributed by atoms with Gasteiger partial charge in [-0.05, 0) is 23.6 Å². The Kier molecular flexibility index (Phi) is 9.38. The lowest BCUT2D eigenvalue weighted by atomic mass is 9.98. The van der Waals surface area contributed by atoms with Crippen LogP contribution in [0.15, 0.2) is 24.3 Å². The fourth-order valence-electron chi connectivity index (χ4n) is 2.57. The van der Waals surface area contributed by atoms with Crippen molar-refractivity contribution in [1.29, 1.82) is 0 Å². The van der Waals surface area contributed by atoms with Crippen LogP contribution in [-0.2, 0) is 14.3 Å². The number of ether oxygens (including phenoxy) is 2. The van der Waals surface area contributed by atoms with E-state index in [9.17, 15) is 22.8 Å². The summed E-state index contributed by atoms with van der Waals surface area (Å²) in [6.07, 6.45) is -5.62. The van der Waals surface area contributed by atoms with Crippen LogP contribution in [0.3, 0.4) is 0 Å². The van der Waals surface area contributed by atoms with Crippen LogP contribution < -0.4 is 21.1 Å². The number of carbonyl (C=O) groups excluding carboxylic acids is 2. The third kappa shape index (κ3) is 8.28. The number of nitrogens with two attached hydrogens (primary N) is 1. The van der Waals surface area contributed by atoms with Crippen LogP contribution >= 0.6 is 0 Å². The molecule has 0 heterocycles. The molecule has 0 aromatic heterocycles. The maximum atomic E-state index is 12.9. The molecule has 0 aliphatic rings. The number of amides is 2. The fraction of sp³-hybridized carbons (Fsp3) is 0.579. The molecule has 3 atom stereocenters. The minimum atomic E-state index is -4.44. The van der Waals surface area contributed by atoms with Crippen LogP contribution in [-0.4, -0.2) is 50.9 Å². The molecule has 10 heteroatoms. The number of rotatable bonds is 10. The van der Waals surface area contributed by atoms with Crippen LogP contribution in [0.25, 0.3) is 0 Å². The van der Waals surface area contributed by atoms with Crippen molar-refractivity contribution in [2.75, 3.05) is 20.8 Å². The minimum Gasteiger partial charge on any atom is -0.497 e. The van der Waals surface area contributed by atoms with Crippen molar-refractivity contribution in [1.82, 2.24) is 10.6 Å². The van der Waals surface area contributed by atoms with Gasteiger partial charge in [0.15, 0.2) is 0 Å². The molecular weight excluding hydrogens is 391 g/mol. The Hall–Kier alpha value is -2.33. The zero-order valence-electron chi connectivity index (χ0n) is 16.9. The first-order valence-corrected chi connectivity index (χ1v) is 9.04. The highest BCUT2D eigenvalue weighted by Gasteiger charge is 2.35. The quantitative estimate of drug-likeness (QED) is 0.538. The molecule has 0 aliphatic heterocycles. The highest BCUT2D eigenvalue weighted by atomic mass is 19.4. The van der Waals surface area contributed by atoms with Crippen molar-refractivity contribution in [3.63, 3.8) is 0 Å². The molecule has 1 aromatic rings. The van der Waals surface area contributed by atoms with Gasteiger partial charge in [0.2, 0.25) is 11.8 Å². The molecule has 0 bridgehead atoms. The van der Waals surface area contributed by atoms with Gasteiger partial charge in [-0.3, -0.25) is 9.59 Å². The molecule has 7 nitrogen and oxygen atoms in total. The van der Waals surface area contributed by atoms with Crippen molar-refractivity contribution in [2.24, 2.45) is 11.7 Å². The second-order valence-electron chi connectivity index (χ2n) is 6.95. The van der Waals surface area contributed by atoms with Crippen molar-refractivity contribution >= 4 is 11.8 Å². The highest BCUT2D eigenvalue weighted by molar-refractivity contribution is 5.90. The average Bonchev–Trinajstić information content (AvgIpc) is 2.64. The Morgan fingerprint density at radius 1 is 1.07 bits per heavy atom. The summed E-state index contributed by atoms with van der Waals surface area (Å²) in [4.78, 5) is 25.1. The van der Waals surface area contributed by atoms with Gasteiger partial charge in [-0.2, -0.15) is 13.2 Å². The highest BCUT2D eigenvalue weighted by Crippen LogP contribution is 2.25. The molecule has 0 aliphatic carbocycles. The fourth-order valence-corrected chi connectivity index (χ4v) is 2.57. The molecule has 1 rings (SSSR count). The third-order valence-electron chi connectivity index (χ3n) is 4.26. The summed E-state index contributed by atoms with van der Waals surface area (Å²) in [6, 6.07) is 2.82. The summed E-state index contributed by atoms with van der Waals surface area (Å²) in [6.45, 7) is 3.07. The SMILES string of the molecule is COC[C@H](N)C(=O)NC(C(=O)N[C@H](CC(F)(F)F)C(C)C)c1ccc(OC)cc1. The van der Waals surface area contributed by atoms with Crippen molar-refractivity contribution in [3.05, 3.63) is 29.8 Å². The predicted molar refractivity (Wildman–Crippen MR) is 101 cm³/mol. The van der Waals surface area contributed by atoms with E-state index < -0.39 is 48.5 Å². The first kappa shape index (κ1) is 24.7. The smallest absolute Gasteiger partial charge is 0.391 e. The number of hydrogen-bond donors (Lipinski definition) is 3. The molecule has 0 spiro atoms. The molecule has 0 fully saturated rings. The Bertz CT molecular complexity index is 666. The number of halogens is 3. The average molecular weight is 419 g/mol. The molecule has 0 saturated heterocycles. The Balaban J connectivity index is 3.10. The molecule has 0 saturated carbocycles. The van der Waals surface area contributed by atoms with Crippen LogP contribution in [0, 0.1) is 5.92 Å². The van der Waals surface area contributed by atoms with E-state index in [2.05, 4.69) is 10.6 Å². The summed E-state index contributed by atoms with van der Waals surface area (Å²) in [5, 5.41) is 4.88. The number of carbonyl (C=O) groups is 2. The van der Waals surface area contributed by atoms with E-state index in [-0.39, 0.29) is 6.61 Å². The standard InChI is InChI=1S/C19H28F3N3O4/c1-11(2)15(9-19(20,21)22)24-18(27)16(25-17(26)14(23)10-28-3)12-5-7-13(29-4)8-6-12/h5-8,11,14-16H,9-10,23H2,1-4H3,(H,24,27)(H,25,26)/t14-,15+,16?/m0/s1. The lowest BCUT2D eigenvalue weighted by Gasteiger charge is -2.27. The molecular formula is C19H28F3N3O4. The second kappa shape index (κ2) is 11.0. The maximum Gasteiger partial charge on any atom is 0.391 e. The van der Waals surface area contributed by atoms with E-state index in [1.165, 1.54) is 14.2 Å². The summed E-state index contributed by atoms with van der Waals surface area (Å²) < 4.78 is 48.5. The van der Waals surface area contributed by atoms with E-state index in [4.69, 9.17) is 15.2 Å². The molecule has 29 heavy (non-hydrogen) atoms. The van der Waals surface area contributed by atoms with Gasteiger partial charge in [0, 0.05) is 13.2 Å². The van der Waals surface area contributed by atoms with Crippen LogP contribution in [0.5, 0.6) is 5.75 Å². The summed E-state index contributed by atoms with van der Waals surface area (Å²) >= 11 is 0. The van der Waals surface area contributed by atoms with E-state index in [1.54, 1.807) is 38.1 Å². The largest absolute Gasteiger partial charge is 0.497 e. The van der Waals surface area contributed by atoms with Crippen LogP contribution in [0.2, 0.25) is 0 Å². The van der Waals surface area contributed by atoms with E-state index >= 15 is 0 Å². The van der Waals surface area contributed by atoms with Crippen molar-refractivity contribution in [3.8, 4) is 5.75 Å². The zero-order valence-corrected chi connectivity index (χ0v) is 16.9. The van der Waals surface area contributed by atoms with Crippen molar-refractivity contribution in [2.45, 2.75) is 44.6 Å². The Morgan fingerprint density at radius 2 is 1.66 bits per heavy atom. The van der Waals surface area contributed by atoms with Crippen LogP contribution in [0.1, 0.15) is 31.9 Å². The predicted octanol–water partition coefficient (Wildman–Crippen LogP) is 1.92. The summed E-state index contributed by atoms with van der Waals surface area (Å²) in [5.41, 5.74) is 6.07.